The van der Waals surface area contributed by atoms with Crippen LogP contribution in [0.3, 0.4) is 0 Å². The maximum atomic E-state index is 5.02. The van der Waals surface area contributed by atoms with Gasteiger partial charge in [0.25, 0.3) is 0 Å². The summed E-state index contributed by atoms with van der Waals surface area (Å²) in [5, 5.41) is 4.79. The average Bonchev–Trinajstić information content (AvgIpc) is 3.04. The molecule has 0 radical (unpaired) electrons. The number of hydrogen-bond acceptors (Lipinski definition) is 4. The zero-order valence-electron chi connectivity index (χ0n) is 23.5. The van der Waals surface area contributed by atoms with Crippen LogP contribution in [0.15, 0.2) is 134 Å². The number of fused-ring (bicyclic) bond motifs is 4. The highest BCUT2D eigenvalue weighted by atomic mass is 15.2. The van der Waals surface area contributed by atoms with Gasteiger partial charge in [0, 0.05) is 40.5 Å². The second kappa shape index (κ2) is 9.35. The number of hydrogen-bond donors (Lipinski definition) is 0. The van der Waals surface area contributed by atoms with Crippen LogP contribution in [0, 0.1) is 0 Å². The molecule has 0 N–H and O–H groups in total. The Morgan fingerprint density at radius 3 is 2.19 bits per heavy atom. The number of pyridine rings is 3. The first-order valence-corrected chi connectivity index (χ1v) is 14.3. The number of anilines is 3. The highest BCUT2D eigenvalue weighted by Gasteiger charge is 2.40. The second-order valence-electron chi connectivity index (χ2n) is 11.4. The number of rotatable bonds is 3. The lowest BCUT2D eigenvalue weighted by molar-refractivity contribution is 0.629. The van der Waals surface area contributed by atoms with Crippen molar-refractivity contribution in [2.45, 2.75) is 19.3 Å². The SMILES string of the molecule is CC1(C)c2cc(-c3nccc4ccccc34)ccc2N(c2ccccn2)c2nccc(-c3ccc4ccccc4c3)c21. The summed E-state index contributed by atoms with van der Waals surface area (Å²) in [5.41, 5.74) is 7.56. The Labute approximate surface area is 245 Å². The van der Waals surface area contributed by atoms with E-state index in [1.54, 1.807) is 0 Å². The molecule has 0 unspecified atom stereocenters. The Hall–Kier alpha value is -5.35. The fourth-order valence-electron chi connectivity index (χ4n) is 6.53. The molecule has 0 aliphatic carbocycles. The van der Waals surface area contributed by atoms with E-state index >= 15 is 0 Å². The van der Waals surface area contributed by atoms with Gasteiger partial charge < -0.3 is 0 Å². The van der Waals surface area contributed by atoms with E-state index in [1.807, 2.05) is 30.7 Å². The van der Waals surface area contributed by atoms with Gasteiger partial charge in [-0.1, -0.05) is 86.6 Å². The zero-order chi connectivity index (χ0) is 28.3. The van der Waals surface area contributed by atoms with Gasteiger partial charge in [-0.15, -0.1) is 0 Å². The van der Waals surface area contributed by atoms with Gasteiger partial charge in [-0.2, -0.15) is 0 Å². The van der Waals surface area contributed by atoms with Crippen LogP contribution in [-0.2, 0) is 5.41 Å². The summed E-state index contributed by atoms with van der Waals surface area (Å²) in [5.74, 6) is 1.75. The molecule has 4 aromatic carbocycles. The molecule has 4 heterocycles. The smallest absolute Gasteiger partial charge is 0.143 e. The Bertz CT molecular complexity index is 2130. The number of benzene rings is 4. The average molecular weight is 541 g/mol. The molecule has 0 fully saturated rings. The third-order valence-electron chi connectivity index (χ3n) is 8.56. The van der Waals surface area contributed by atoms with Crippen LogP contribution in [0.5, 0.6) is 0 Å². The topological polar surface area (TPSA) is 41.9 Å². The Morgan fingerprint density at radius 1 is 0.571 bits per heavy atom. The minimum Gasteiger partial charge on any atom is -0.278 e. The van der Waals surface area contributed by atoms with E-state index in [1.165, 1.54) is 38.4 Å². The van der Waals surface area contributed by atoms with Crippen molar-refractivity contribution in [2.24, 2.45) is 0 Å². The van der Waals surface area contributed by atoms with Crippen LogP contribution in [0.1, 0.15) is 25.0 Å². The van der Waals surface area contributed by atoms with Gasteiger partial charge in [0.05, 0.1) is 11.4 Å². The Kier molecular flexibility index (Phi) is 5.44. The summed E-state index contributed by atoms with van der Waals surface area (Å²) in [7, 11) is 0. The number of nitrogens with zero attached hydrogens (tertiary/aromatic N) is 4. The molecule has 1 aliphatic rings. The van der Waals surface area contributed by atoms with Gasteiger partial charge in [0.15, 0.2) is 0 Å². The second-order valence-corrected chi connectivity index (χ2v) is 11.4. The zero-order valence-corrected chi connectivity index (χ0v) is 23.5. The van der Waals surface area contributed by atoms with Gasteiger partial charge in [0.1, 0.15) is 11.6 Å². The molecular weight excluding hydrogens is 512 g/mol. The third kappa shape index (κ3) is 3.72. The highest BCUT2D eigenvalue weighted by Crippen LogP contribution is 2.54. The van der Waals surface area contributed by atoms with Crippen LogP contribution in [0.4, 0.5) is 17.3 Å². The lowest BCUT2D eigenvalue weighted by atomic mass is 9.71. The van der Waals surface area contributed by atoms with Gasteiger partial charge in [-0.3, -0.25) is 9.88 Å². The predicted molar refractivity (Wildman–Crippen MR) is 173 cm³/mol. The van der Waals surface area contributed by atoms with Crippen LogP contribution in [0.2, 0.25) is 0 Å². The first kappa shape index (κ1) is 24.4. The summed E-state index contributed by atoms with van der Waals surface area (Å²) < 4.78 is 0. The molecule has 0 atom stereocenters. The Balaban J connectivity index is 1.40. The van der Waals surface area contributed by atoms with Gasteiger partial charge >= 0.3 is 0 Å². The first-order valence-electron chi connectivity index (χ1n) is 14.3. The van der Waals surface area contributed by atoms with E-state index < -0.39 is 0 Å². The standard InChI is InChI=1S/C38H28N4/c1-38(2)32-24-29(36-31-12-6-5-10-26(31)18-21-40-36)16-17-33(32)42(34-13-7-8-20-39-34)37-35(38)30(19-22-41-37)28-15-14-25-9-3-4-11-27(25)23-28/h3-24H,1-2H3. The van der Waals surface area contributed by atoms with E-state index in [2.05, 4.69) is 122 Å². The minimum atomic E-state index is -0.355. The predicted octanol–water partition coefficient (Wildman–Crippen LogP) is 9.62. The van der Waals surface area contributed by atoms with Gasteiger partial charge in [-0.05, 0) is 75.3 Å². The molecule has 0 saturated carbocycles. The van der Waals surface area contributed by atoms with Gasteiger partial charge in [-0.25, -0.2) is 9.97 Å². The Morgan fingerprint density at radius 2 is 1.33 bits per heavy atom. The van der Waals surface area contributed by atoms with Crippen LogP contribution in [-0.4, -0.2) is 15.0 Å². The fourth-order valence-corrected chi connectivity index (χ4v) is 6.53. The van der Waals surface area contributed by atoms with E-state index in [0.29, 0.717) is 0 Å². The van der Waals surface area contributed by atoms with Crippen molar-refractivity contribution in [1.82, 2.24) is 15.0 Å². The lowest BCUT2D eigenvalue weighted by Crippen LogP contribution is -2.32. The van der Waals surface area contributed by atoms with Gasteiger partial charge in [0.2, 0.25) is 0 Å². The molecule has 4 heteroatoms. The molecule has 0 spiro atoms. The normalized spacial score (nSPS) is 13.6. The highest BCUT2D eigenvalue weighted by molar-refractivity contribution is 5.96. The van der Waals surface area contributed by atoms with Crippen molar-refractivity contribution in [1.29, 1.82) is 0 Å². The van der Waals surface area contributed by atoms with E-state index in [4.69, 9.17) is 15.0 Å². The quantitative estimate of drug-likeness (QED) is 0.224. The molecule has 1 aliphatic heterocycles. The summed E-state index contributed by atoms with van der Waals surface area (Å²) in [6.45, 7) is 4.62. The molecule has 8 rings (SSSR count). The summed E-state index contributed by atoms with van der Waals surface area (Å²) in [6, 6.07) is 40.7. The maximum Gasteiger partial charge on any atom is 0.143 e. The minimum absolute atomic E-state index is 0.355. The molecule has 3 aromatic heterocycles. The molecule has 0 amide bonds. The van der Waals surface area contributed by atoms with Crippen molar-refractivity contribution >= 4 is 38.9 Å². The molecular formula is C38H28N4. The number of aromatic nitrogens is 3. The van der Waals surface area contributed by atoms with Crippen molar-refractivity contribution in [3.8, 4) is 22.4 Å². The fraction of sp³-hybridized carbons (Fsp3) is 0.0789. The molecule has 0 bridgehead atoms. The molecule has 42 heavy (non-hydrogen) atoms. The van der Waals surface area contributed by atoms with Crippen molar-refractivity contribution < 1.29 is 0 Å². The summed E-state index contributed by atoms with van der Waals surface area (Å²) >= 11 is 0. The van der Waals surface area contributed by atoms with E-state index in [0.717, 1.165) is 34.0 Å². The molecule has 200 valence electrons. The van der Waals surface area contributed by atoms with Crippen LogP contribution < -0.4 is 4.90 Å². The van der Waals surface area contributed by atoms with Crippen molar-refractivity contribution in [3.63, 3.8) is 0 Å². The van der Waals surface area contributed by atoms with E-state index in [9.17, 15) is 0 Å². The molecule has 4 nitrogen and oxygen atoms in total. The monoisotopic (exact) mass is 540 g/mol. The van der Waals surface area contributed by atoms with E-state index in [-0.39, 0.29) is 5.41 Å². The van der Waals surface area contributed by atoms with Crippen molar-refractivity contribution in [2.75, 3.05) is 4.90 Å². The maximum absolute atomic E-state index is 5.02. The first-order chi connectivity index (χ1) is 20.6. The van der Waals surface area contributed by atoms with Crippen molar-refractivity contribution in [3.05, 3.63) is 145 Å². The van der Waals surface area contributed by atoms with Crippen LogP contribution in [0.25, 0.3) is 43.9 Å². The molecule has 7 aromatic rings. The largest absolute Gasteiger partial charge is 0.278 e. The summed E-state index contributed by atoms with van der Waals surface area (Å²) in [6.07, 6.45) is 5.67. The third-order valence-corrected chi connectivity index (χ3v) is 8.56. The molecule has 0 saturated heterocycles. The van der Waals surface area contributed by atoms with Crippen LogP contribution >= 0.6 is 0 Å². The lowest BCUT2D eigenvalue weighted by Gasteiger charge is -2.42. The summed E-state index contributed by atoms with van der Waals surface area (Å²) in [4.78, 5) is 16.9.